The van der Waals surface area contributed by atoms with Crippen LogP contribution in [0.4, 0.5) is 0 Å². The highest BCUT2D eigenvalue weighted by Crippen LogP contribution is 2.14. The Kier molecular flexibility index (Phi) is 5.63. The first kappa shape index (κ1) is 14.6. The fourth-order valence-electron chi connectivity index (χ4n) is 2.01. The number of hydrogen-bond acceptors (Lipinski definition) is 2. The van der Waals surface area contributed by atoms with Gasteiger partial charge in [0.05, 0.1) is 0 Å². The summed E-state index contributed by atoms with van der Waals surface area (Å²) in [5.41, 5.74) is 3.82. The SMILES string of the molecule is CCNCCc1ccc(COc2ccc(C)cc2)cc1. The molecule has 20 heavy (non-hydrogen) atoms. The summed E-state index contributed by atoms with van der Waals surface area (Å²) in [7, 11) is 0. The lowest BCUT2D eigenvalue weighted by molar-refractivity contribution is 0.306. The predicted octanol–water partition coefficient (Wildman–Crippen LogP) is 3.73. The number of nitrogens with one attached hydrogen (secondary N) is 1. The third-order valence-electron chi connectivity index (χ3n) is 3.29. The Morgan fingerprint density at radius 2 is 1.55 bits per heavy atom. The molecule has 0 atom stereocenters. The van der Waals surface area contributed by atoms with Crippen LogP contribution in [-0.4, -0.2) is 13.1 Å². The molecular weight excluding hydrogens is 246 g/mol. The van der Waals surface area contributed by atoms with E-state index in [1.807, 2.05) is 12.1 Å². The fourth-order valence-corrected chi connectivity index (χ4v) is 2.01. The van der Waals surface area contributed by atoms with Crippen molar-refractivity contribution in [2.45, 2.75) is 26.9 Å². The van der Waals surface area contributed by atoms with E-state index < -0.39 is 0 Å². The van der Waals surface area contributed by atoms with E-state index in [2.05, 4.69) is 55.6 Å². The fraction of sp³-hybridized carbons (Fsp3) is 0.333. The van der Waals surface area contributed by atoms with E-state index in [4.69, 9.17) is 4.74 Å². The summed E-state index contributed by atoms with van der Waals surface area (Å²) in [5.74, 6) is 0.923. The van der Waals surface area contributed by atoms with E-state index in [1.165, 1.54) is 16.7 Å². The summed E-state index contributed by atoms with van der Waals surface area (Å²) < 4.78 is 5.77. The monoisotopic (exact) mass is 269 g/mol. The van der Waals surface area contributed by atoms with Gasteiger partial charge in [-0.2, -0.15) is 0 Å². The Balaban J connectivity index is 1.82. The van der Waals surface area contributed by atoms with Gasteiger partial charge in [0.1, 0.15) is 12.4 Å². The molecule has 0 fully saturated rings. The second kappa shape index (κ2) is 7.71. The highest BCUT2D eigenvalue weighted by molar-refractivity contribution is 5.27. The zero-order valence-electron chi connectivity index (χ0n) is 12.4. The van der Waals surface area contributed by atoms with E-state index in [-0.39, 0.29) is 0 Å². The molecule has 0 aliphatic rings. The zero-order chi connectivity index (χ0) is 14.2. The van der Waals surface area contributed by atoms with Crippen molar-refractivity contribution < 1.29 is 4.74 Å². The van der Waals surface area contributed by atoms with Crippen LogP contribution in [0.3, 0.4) is 0 Å². The number of hydrogen-bond donors (Lipinski definition) is 1. The van der Waals surface area contributed by atoms with Gasteiger partial charge >= 0.3 is 0 Å². The predicted molar refractivity (Wildman–Crippen MR) is 84.2 cm³/mol. The van der Waals surface area contributed by atoms with E-state index in [0.717, 1.165) is 25.3 Å². The standard InChI is InChI=1S/C18H23NO/c1-3-19-13-12-16-6-8-17(9-7-16)14-20-18-10-4-15(2)5-11-18/h4-11,19H,3,12-14H2,1-2H3. The second-order valence-electron chi connectivity index (χ2n) is 5.02. The molecule has 0 aliphatic heterocycles. The summed E-state index contributed by atoms with van der Waals surface area (Å²) in [6.07, 6.45) is 1.08. The minimum atomic E-state index is 0.622. The Morgan fingerprint density at radius 1 is 0.900 bits per heavy atom. The van der Waals surface area contributed by atoms with Gasteiger partial charge in [-0.1, -0.05) is 48.9 Å². The van der Waals surface area contributed by atoms with Gasteiger partial charge in [-0.15, -0.1) is 0 Å². The van der Waals surface area contributed by atoms with E-state index in [9.17, 15) is 0 Å². The first-order valence-electron chi connectivity index (χ1n) is 7.26. The molecule has 2 aromatic rings. The van der Waals surface area contributed by atoms with Crippen LogP contribution in [0.15, 0.2) is 48.5 Å². The quantitative estimate of drug-likeness (QED) is 0.773. The third kappa shape index (κ3) is 4.71. The van der Waals surface area contributed by atoms with Gasteiger partial charge in [-0.05, 0) is 49.7 Å². The van der Waals surface area contributed by atoms with Crippen LogP contribution < -0.4 is 10.1 Å². The van der Waals surface area contributed by atoms with Crippen LogP contribution in [0.2, 0.25) is 0 Å². The molecule has 0 unspecified atom stereocenters. The second-order valence-corrected chi connectivity index (χ2v) is 5.02. The summed E-state index contributed by atoms with van der Waals surface area (Å²) in [6.45, 7) is 6.90. The van der Waals surface area contributed by atoms with E-state index in [0.29, 0.717) is 6.61 Å². The molecule has 0 spiro atoms. The first-order valence-corrected chi connectivity index (χ1v) is 7.26. The molecular formula is C18H23NO. The lowest BCUT2D eigenvalue weighted by Gasteiger charge is -2.08. The average Bonchev–Trinajstić information content (AvgIpc) is 2.48. The van der Waals surface area contributed by atoms with Gasteiger partial charge in [0, 0.05) is 0 Å². The molecule has 0 bridgehead atoms. The van der Waals surface area contributed by atoms with Crippen molar-refractivity contribution in [1.82, 2.24) is 5.32 Å². The van der Waals surface area contributed by atoms with Crippen molar-refractivity contribution in [1.29, 1.82) is 0 Å². The van der Waals surface area contributed by atoms with Crippen LogP contribution in [0.25, 0.3) is 0 Å². The number of likely N-dealkylation sites (N-methyl/N-ethyl adjacent to an activating group) is 1. The number of aryl methyl sites for hydroxylation is 1. The van der Waals surface area contributed by atoms with Crippen molar-refractivity contribution in [2.24, 2.45) is 0 Å². The minimum Gasteiger partial charge on any atom is -0.489 e. The maximum absolute atomic E-state index is 5.77. The first-order chi connectivity index (χ1) is 9.78. The lowest BCUT2D eigenvalue weighted by Crippen LogP contribution is -2.15. The summed E-state index contributed by atoms with van der Waals surface area (Å²) in [6, 6.07) is 16.8. The molecule has 0 amide bonds. The minimum absolute atomic E-state index is 0.622. The molecule has 0 aromatic heterocycles. The number of ether oxygens (including phenoxy) is 1. The molecule has 2 nitrogen and oxygen atoms in total. The molecule has 0 saturated heterocycles. The molecule has 2 rings (SSSR count). The van der Waals surface area contributed by atoms with Gasteiger partial charge in [0.15, 0.2) is 0 Å². The molecule has 1 N–H and O–H groups in total. The molecule has 2 heteroatoms. The third-order valence-corrected chi connectivity index (χ3v) is 3.29. The van der Waals surface area contributed by atoms with Gasteiger partial charge in [0.25, 0.3) is 0 Å². The van der Waals surface area contributed by atoms with Crippen LogP contribution in [0.1, 0.15) is 23.6 Å². The smallest absolute Gasteiger partial charge is 0.119 e. The van der Waals surface area contributed by atoms with Crippen molar-refractivity contribution in [3.63, 3.8) is 0 Å². The Morgan fingerprint density at radius 3 is 2.20 bits per heavy atom. The molecule has 0 radical (unpaired) electrons. The van der Waals surface area contributed by atoms with E-state index >= 15 is 0 Å². The summed E-state index contributed by atoms with van der Waals surface area (Å²) in [4.78, 5) is 0. The van der Waals surface area contributed by atoms with Gasteiger partial charge in [0.2, 0.25) is 0 Å². The largest absolute Gasteiger partial charge is 0.489 e. The Labute approximate surface area is 121 Å². The molecule has 106 valence electrons. The topological polar surface area (TPSA) is 21.3 Å². The molecule has 0 heterocycles. The summed E-state index contributed by atoms with van der Waals surface area (Å²) in [5, 5.41) is 3.34. The number of rotatable bonds is 7. The Hall–Kier alpha value is -1.80. The van der Waals surface area contributed by atoms with E-state index in [1.54, 1.807) is 0 Å². The summed E-state index contributed by atoms with van der Waals surface area (Å²) >= 11 is 0. The van der Waals surface area contributed by atoms with Crippen molar-refractivity contribution in [3.05, 3.63) is 65.2 Å². The van der Waals surface area contributed by atoms with Gasteiger partial charge in [-0.3, -0.25) is 0 Å². The molecule has 0 saturated carbocycles. The normalized spacial score (nSPS) is 10.5. The van der Waals surface area contributed by atoms with Gasteiger partial charge in [-0.25, -0.2) is 0 Å². The molecule has 2 aromatic carbocycles. The van der Waals surface area contributed by atoms with Crippen LogP contribution >= 0.6 is 0 Å². The highest BCUT2D eigenvalue weighted by atomic mass is 16.5. The zero-order valence-corrected chi connectivity index (χ0v) is 12.4. The van der Waals surface area contributed by atoms with Crippen LogP contribution in [-0.2, 0) is 13.0 Å². The lowest BCUT2D eigenvalue weighted by atomic mass is 10.1. The maximum Gasteiger partial charge on any atom is 0.119 e. The van der Waals surface area contributed by atoms with Crippen molar-refractivity contribution >= 4 is 0 Å². The highest BCUT2D eigenvalue weighted by Gasteiger charge is 1.97. The van der Waals surface area contributed by atoms with Crippen molar-refractivity contribution in [3.8, 4) is 5.75 Å². The van der Waals surface area contributed by atoms with Crippen LogP contribution in [0.5, 0.6) is 5.75 Å². The average molecular weight is 269 g/mol. The van der Waals surface area contributed by atoms with Gasteiger partial charge < -0.3 is 10.1 Å². The van der Waals surface area contributed by atoms with Crippen molar-refractivity contribution in [2.75, 3.05) is 13.1 Å². The molecule has 0 aliphatic carbocycles. The Bertz CT molecular complexity index is 502. The van der Waals surface area contributed by atoms with Crippen LogP contribution in [0, 0.1) is 6.92 Å². The maximum atomic E-state index is 5.77. The number of benzene rings is 2.